The number of piperidine rings is 1. The first kappa shape index (κ1) is 15.9. The van der Waals surface area contributed by atoms with Crippen LogP contribution >= 0.6 is 0 Å². The van der Waals surface area contributed by atoms with Crippen molar-refractivity contribution in [2.45, 2.75) is 44.4 Å². The summed E-state index contributed by atoms with van der Waals surface area (Å²) in [5.41, 5.74) is 6.64. The molecule has 2 saturated carbocycles. The normalized spacial score (nSPS) is 30.9. The van der Waals surface area contributed by atoms with Gasteiger partial charge in [0.2, 0.25) is 5.91 Å². The third kappa shape index (κ3) is 2.25. The average Bonchev–Trinajstić information content (AvgIpc) is 3.25. The number of phenols is 1. The predicted molar refractivity (Wildman–Crippen MR) is 89.0 cm³/mol. The second-order valence-electron chi connectivity index (χ2n) is 7.93. The summed E-state index contributed by atoms with van der Waals surface area (Å²) in [4.78, 5) is 15.1. The Hall–Kier alpha value is -1.62. The first-order chi connectivity index (χ1) is 11.5. The summed E-state index contributed by atoms with van der Waals surface area (Å²) in [5, 5.41) is 9.65. The van der Waals surface area contributed by atoms with Gasteiger partial charge in [0.05, 0.1) is 5.41 Å². The number of halogens is 1. The number of carbonyl (C=O) groups is 1. The minimum atomic E-state index is -0.428. The van der Waals surface area contributed by atoms with Crippen LogP contribution in [0, 0.1) is 16.6 Å². The summed E-state index contributed by atoms with van der Waals surface area (Å²) in [5.74, 6) is -0.199. The highest BCUT2D eigenvalue weighted by Crippen LogP contribution is 2.74. The van der Waals surface area contributed by atoms with E-state index in [0.29, 0.717) is 13.1 Å². The van der Waals surface area contributed by atoms with Crippen LogP contribution in [0.5, 0.6) is 5.75 Å². The molecule has 3 fully saturated rings. The van der Waals surface area contributed by atoms with E-state index in [0.717, 1.165) is 50.3 Å². The standard InChI is InChI=1S/C19H25FN2O2/c20-15-7-14(8-16(23)9-15)13-3-1-6-22(10-13)17(24)19(12-21)11-18(19)4-2-5-18/h7-9,13,23H,1-6,10-12,21H2. The number of nitrogens with two attached hydrogens (primary N) is 1. The number of hydrogen-bond donors (Lipinski definition) is 2. The Morgan fingerprint density at radius 2 is 2.12 bits per heavy atom. The van der Waals surface area contributed by atoms with E-state index >= 15 is 0 Å². The molecule has 0 bridgehead atoms. The van der Waals surface area contributed by atoms with Gasteiger partial charge >= 0.3 is 0 Å². The van der Waals surface area contributed by atoms with E-state index in [-0.39, 0.29) is 28.4 Å². The summed E-state index contributed by atoms with van der Waals surface area (Å²) in [6, 6.07) is 4.20. The molecule has 0 aromatic heterocycles. The van der Waals surface area contributed by atoms with Crippen LogP contribution in [0.25, 0.3) is 0 Å². The quantitative estimate of drug-likeness (QED) is 0.894. The fourth-order valence-corrected chi connectivity index (χ4v) is 5.04. The Kier molecular flexibility index (Phi) is 3.60. The van der Waals surface area contributed by atoms with E-state index in [1.165, 1.54) is 12.5 Å². The summed E-state index contributed by atoms with van der Waals surface area (Å²) in [7, 11) is 0. The fourth-order valence-electron chi connectivity index (χ4n) is 5.04. The minimum Gasteiger partial charge on any atom is -0.508 e. The average molecular weight is 332 g/mol. The zero-order valence-corrected chi connectivity index (χ0v) is 13.9. The van der Waals surface area contributed by atoms with E-state index in [2.05, 4.69) is 0 Å². The number of phenolic OH excluding ortho intramolecular Hbond substituents is 1. The van der Waals surface area contributed by atoms with Gasteiger partial charge in [0.15, 0.2) is 0 Å². The topological polar surface area (TPSA) is 66.6 Å². The minimum absolute atomic E-state index is 0.0532. The number of benzene rings is 1. The number of hydrogen-bond acceptors (Lipinski definition) is 3. The third-order valence-electron chi connectivity index (χ3n) is 6.68. The lowest BCUT2D eigenvalue weighted by Gasteiger charge is -2.38. The van der Waals surface area contributed by atoms with Crippen molar-refractivity contribution in [1.82, 2.24) is 4.90 Å². The molecular weight excluding hydrogens is 307 g/mol. The van der Waals surface area contributed by atoms with E-state index in [1.807, 2.05) is 4.90 Å². The second kappa shape index (κ2) is 5.45. The Morgan fingerprint density at radius 1 is 1.33 bits per heavy atom. The molecule has 3 aliphatic rings. The van der Waals surface area contributed by atoms with Crippen LogP contribution in [0.3, 0.4) is 0 Å². The molecule has 1 aromatic carbocycles. The van der Waals surface area contributed by atoms with E-state index in [4.69, 9.17) is 5.73 Å². The highest BCUT2D eigenvalue weighted by molar-refractivity contribution is 5.88. The van der Waals surface area contributed by atoms with Crippen LogP contribution in [-0.4, -0.2) is 35.5 Å². The predicted octanol–water partition coefficient (Wildman–Crippen LogP) is 2.76. The number of nitrogens with zero attached hydrogens (tertiary/aromatic N) is 1. The molecule has 2 atom stereocenters. The van der Waals surface area contributed by atoms with Gasteiger partial charge in [0, 0.05) is 31.6 Å². The number of carbonyl (C=O) groups excluding carboxylic acids is 1. The molecule has 4 rings (SSSR count). The zero-order valence-electron chi connectivity index (χ0n) is 13.9. The molecule has 3 N–H and O–H groups in total. The Balaban J connectivity index is 1.52. The molecule has 1 amide bonds. The van der Waals surface area contributed by atoms with Gasteiger partial charge in [0.1, 0.15) is 11.6 Å². The van der Waals surface area contributed by atoms with Crippen LogP contribution in [0.4, 0.5) is 4.39 Å². The molecule has 130 valence electrons. The van der Waals surface area contributed by atoms with E-state index in [9.17, 15) is 14.3 Å². The second-order valence-corrected chi connectivity index (χ2v) is 7.93. The van der Waals surface area contributed by atoms with E-state index in [1.54, 1.807) is 6.07 Å². The van der Waals surface area contributed by atoms with Gasteiger partial charge in [-0.15, -0.1) is 0 Å². The largest absolute Gasteiger partial charge is 0.508 e. The maximum absolute atomic E-state index is 13.6. The summed E-state index contributed by atoms with van der Waals surface area (Å²) >= 11 is 0. The first-order valence-electron chi connectivity index (χ1n) is 8.99. The third-order valence-corrected chi connectivity index (χ3v) is 6.68. The lowest BCUT2D eigenvalue weighted by atomic mass is 9.74. The zero-order chi connectivity index (χ0) is 16.9. The van der Waals surface area contributed by atoms with Gasteiger partial charge in [-0.05, 0) is 55.2 Å². The Bertz CT molecular complexity index is 653. The van der Waals surface area contributed by atoms with Crippen LogP contribution in [0.1, 0.15) is 50.0 Å². The SMILES string of the molecule is NCC1(C(=O)N2CCCC(c3cc(O)cc(F)c3)C2)CC12CCC2. The molecule has 0 radical (unpaired) electrons. The molecule has 4 nitrogen and oxygen atoms in total. The van der Waals surface area contributed by atoms with Gasteiger partial charge in [-0.1, -0.05) is 6.42 Å². The molecule has 2 unspecified atom stereocenters. The number of likely N-dealkylation sites (tertiary alicyclic amines) is 1. The molecule has 1 aromatic rings. The molecular formula is C19H25FN2O2. The molecule has 2 aliphatic carbocycles. The Morgan fingerprint density at radius 3 is 2.71 bits per heavy atom. The van der Waals surface area contributed by atoms with Crippen molar-refractivity contribution in [1.29, 1.82) is 0 Å². The molecule has 1 heterocycles. The van der Waals surface area contributed by atoms with Crippen molar-refractivity contribution in [3.8, 4) is 5.75 Å². The van der Waals surface area contributed by atoms with Gasteiger partial charge in [0.25, 0.3) is 0 Å². The molecule has 5 heteroatoms. The van der Waals surface area contributed by atoms with E-state index < -0.39 is 5.82 Å². The lowest BCUT2D eigenvalue weighted by molar-refractivity contribution is -0.140. The highest BCUT2D eigenvalue weighted by atomic mass is 19.1. The number of amides is 1. The smallest absolute Gasteiger partial charge is 0.230 e. The van der Waals surface area contributed by atoms with Crippen LogP contribution in [-0.2, 0) is 4.79 Å². The molecule has 1 spiro atoms. The van der Waals surface area contributed by atoms with Crippen molar-refractivity contribution in [2.24, 2.45) is 16.6 Å². The Labute approximate surface area is 141 Å². The van der Waals surface area contributed by atoms with Crippen molar-refractivity contribution in [3.05, 3.63) is 29.6 Å². The summed E-state index contributed by atoms with van der Waals surface area (Å²) in [6.07, 6.45) is 6.22. The van der Waals surface area contributed by atoms with Crippen molar-refractivity contribution >= 4 is 5.91 Å². The van der Waals surface area contributed by atoms with Crippen molar-refractivity contribution in [2.75, 3.05) is 19.6 Å². The van der Waals surface area contributed by atoms with Crippen LogP contribution in [0.2, 0.25) is 0 Å². The van der Waals surface area contributed by atoms with Gasteiger partial charge < -0.3 is 15.7 Å². The first-order valence-corrected chi connectivity index (χ1v) is 8.99. The molecule has 1 saturated heterocycles. The monoisotopic (exact) mass is 332 g/mol. The van der Waals surface area contributed by atoms with Gasteiger partial charge in [-0.3, -0.25) is 4.79 Å². The lowest BCUT2D eigenvalue weighted by Crippen LogP contribution is -2.48. The maximum atomic E-state index is 13.6. The fraction of sp³-hybridized carbons (Fsp3) is 0.632. The molecule has 24 heavy (non-hydrogen) atoms. The van der Waals surface area contributed by atoms with Crippen LogP contribution in [0.15, 0.2) is 18.2 Å². The maximum Gasteiger partial charge on any atom is 0.230 e. The highest BCUT2D eigenvalue weighted by Gasteiger charge is 2.73. The van der Waals surface area contributed by atoms with Gasteiger partial charge in [-0.2, -0.15) is 0 Å². The molecule has 1 aliphatic heterocycles. The van der Waals surface area contributed by atoms with Crippen LogP contribution < -0.4 is 5.73 Å². The van der Waals surface area contributed by atoms with Crippen molar-refractivity contribution in [3.63, 3.8) is 0 Å². The van der Waals surface area contributed by atoms with Crippen molar-refractivity contribution < 1.29 is 14.3 Å². The van der Waals surface area contributed by atoms with Gasteiger partial charge in [-0.25, -0.2) is 4.39 Å². The summed E-state index contributed by atoms with van der Waals surface area (Å²) in [6.45, 7) is 1.79. The number of rotatable bonds is 3. The summed E-state index contributed by atoms with van der Waals surface area (Å²) < 4.78 is 13.6. The number of aromatic hydroxyl groups is 1.